The van der Waals surface area contributed by atoms with Crippen LogP contribution in [0.5, 0.6) is 0 Å². The van der Waals surface area contributed by atoms with Crippen molar-refractivity contribution in [2.24, 2.45) is 0 Å². The highest BCUT2D eigenvalue weighted by molar-refractivity contribution is 9.11. The second-order valence-corrected chi connectivity index (χ2v) is 5.69. The molecule has 2 rings (SSSR count). The Bertz CT molecular complexity index is 575. The molecule has 0 saturated carbocycles. The molecule has 0 fully saturated rings. The van der Waals surface area contributed by atoms with E-state index in [2.05, 4.69) is 47.1 Å². The van der Waals surface area contributed by atoms with Crippen molar-refractivity contribution in [2.75, 3.05) is 11.9 Å². The highest BCUT2D eigenvalue weighted by atomic mass is 79.9. The summed E-state index contributed by atoms with van der Waals surface area (Å²) in [6, 6.07) is 5.54. The summed E-state index contributed by atoms with van der Waals surface area (Å²) in [6.07, 6.45) is 1.73. The van der Waals surface area contributed by atoms with Gasteiger partial charge < -0.3 is 5.32 Å². The van der Waals surface area contributed by atoms with Crippen molar-refractivity contribution in [1.29, 1.82) is 0 Å². The largest absolute Gasteiger partial charge is 0.369 e. The average molecular weight is 391 g/mol. The first-order chi connectivity index (χ1) is 8.61. The number of benzene rings is 1. The molecule has 0 saturated heterocycles. The first-order valence-corrected chi connectivity index (χ1v) is 7.30. The Hall–Kier alpha value is -0.650. The van der Waals surface area contributed by atoms with Gasteiger partial charge in [0, 0.05) is 27.8 Å². The van der Waals surface area contributed by atoms with Crippen molar-refractivity contribution < 1.29 is 0 Å². The van der Waals surface area contributed by atoms with Crippen LogP contribution in [0.3, 0.4) is 0 Å². The van der Waals surface area contributed by atoms with Crippen molar-refractivity contribution in [2.45, 2.75) is 6.92 Å². The summed E-state index contributed by atoms with van der Waals surface area (Å²) in [6.45, 7) is 2.81. The maximum atomic E-state index is 6.00. The molecule has 0 aliphatic carbocycles. The third-order valence-corrected chi connectivity index (χ3v) is 3.76. The summed E-state index contributed by atoms with van der Waals surface area (Å²) in [7, 11) is 0. The highest BCUT2D eigenvalue weighted by Crippen LogP contribution is 2.30. The van der Waals surface area contributed by atoms with Crippen molar-refractivity contribution in [1.82, 2.24) is 9.97 Å². The number of nitrogens with zero attached hydrogens (tertiary/aromatic N) is 2. The molecule has 18 heavy (non-hydrogen) atoms. The van der Waals surface area contributed by atoms with Crippen LogP contribution in [0.25, 0.3) is 11.4 Å². The van der Waals surface area contributed by atoms with Gasteiger partial charge in [-0.25, -0.2) is 9.97 Å². The quantitative estimate of drug-likeness (QED) is 0.820. The van der Waals surface area contributed by atoms with Gasteiger partial charge >= 0.3 is 0 Å². The smallest absolute Gasteiger partial charge is 0.162 e. The molecule has 6 heteroatoms. The van der Waals surface area contributed by atoms with Crippen LogP contribution in [-0.2, 0) is 0 Å². The van der Waals surface area contributed by atoms with Crippen LogP contribution < -0.4 is 5.32 Å². The zero-order chi connectivity index (χ0) is 13.1. The Morgan fingerprint density at radius 1 is 1.28 bits per heavy atom. The van der Waals surface area contributed by atoms with Crippen LogP contribution in [-0.4, -0.2) is 16.5 Å². The van der Waals surface area contributed by atoms with Crippen LogP contribution >= 0.6 is 43.5 Å². The van der Waals surface area contributed by atoms with Crippen molar-refractivity contribution in [3.8, 4) is 11.4 Å². The fourth-order valence-electron chi connectivity index (χ4n) is 1.46. The molecule has 94 valence electrons. The molecule has 0 atom stereocenters. The van der Waals surface area contributed by atoms with Gasteiger partial charge in [0.2, 0.25) is 0 Å². The maximum absolute atomic E-state index is 6.00. The molecule has 0 amide bonds. The standard InChI is InChI=1S/C12H10Br2ClN3/c1-2-16-12-10(14)6-17-11(18-12)8-5-7(15)3-4-9(8)13/h3-6H,2H2,1H3,(H,16,17,18). The van der Waals surface area contributed by atoms with E-state index in [1.165, 1.54) is 0 Å². The van der Waals surface area contributed by atoms with Crippen LogP contribution in [0.2, 0.25) is 5.02 Å². The lowest BCUT2D eigenvalue weighted by Crippen LogP contribution is -2.02. The van der Waals surface area contributed by atoms with E-state index in [1.54, 1.807) is 6.20 Å². The SMILES string of the molecule is CCNc1nc(-c2cc(Cl)ccc2Br)ncc1Br. The predicted octanol–water partition coefficient (Wildman–Crippen LogP) is 4.75. The summed E-state index contributed by atoms with van der Waals surface area (Å²) in [4.78, 5) is 8.78. The van der Waals surface area contributed by atoms with Crippen LogP contribution in [0.4, 0.5) is 5.82 Å². The highest BCUT2D eigenvalue weighted by Gasteiger charge is 2.10. The molecular weight excluding hydrogens is 381 g/mol. The number of hydrogen-bond acceptors (Lipinski definition) is 3. The van der Waals surface area contributed by atoms with Gasteiger partial charge in [-0.2, -0.15) is 0 Å². The molecule has 1 aromatic carbocycles. The minimum absolute atomic E-state index is 0.628. The molecule has 3 nitrogen and oxygen atoms in total. The zero-order valence-corrected chi connectivity index (χ0v) is 13.5. The fraction of sp³-hybridized carbons (Fsp3) is 0.167. The van der Waals surface area contributed by atoms with Gasteiger partial charge in [0.05, 0.1) is 4.47 Å². The number of halogens is 3. The Kier molecular flexibility index (Phi) is 4.59. The second-order valence-electron chi connectivity index (χ2n) is 3.54. The van der Waals surface area contributed by atoms with Gasteiger partial charge in [0.15, 0.2) is 5.82 Å². The van der Waals surface area contributed by atoms with Crippen molar-refractivity contribution in [3.63, 3.8) is 0 Å². The molecule has 0 aliphatic heterocycles. The number of anilines is 1. The van der Waals surface area contributed by atoms with Crippen LogP contribution in [0, 0.1) is 0 Å². The number of hydrogen-bond donors (Lipinski definition) is 1. The Morgan fingerprint density at radius 2 is 2.06 bits per heavy atom. The van der Waals surface area contributed by atoms with Crippen molar-refractivity contribution >= 4 is 49.3 Å². The minimum atomic E-state index is 0.628. The van der Waals surface area contributed by atoms with E-state index in [-0.39, 0.29) is 0 Å². The Morgan fingerprint density at radius 3 is 2.78 bits per heavy atom. The first-order valence-electron chi connectivity index (χ1n) is 5.33. The molecule has 0 aliphatic rings. The summed E-state index contributed by atoms with van der Waals surface area (Å²) in [5.74, 6) is 1.40. The van der Waals surface area contributed by atoms with Crippen molar-refractivity contribution in [3.05, 3.63) is 38.4 Å². The third kappa shape index (κ3) is 3.02. The van der Waals surface area contributed by atoms with E-state index >= 15 is 0 Å². The maximum Gasteiger partial charge on any atom is 0.162 e. The molecule has 0 bridgehead atoms. The molecule has 1 heterocycles. The van der Waals surface area contributed by atoms with Gasteiger partial charge in [-0.1, -0.05) is 27.5 Å². The summed E-state index contributed by atoms with van der Waals surface area (Å²) < 4.78 is 1.75. The molecule has 0 unspecified atom stereocenters. The minimum Gasteiger partial charge on any atom is -0.369 e. The van der Waals surface area contributed by atoms with Gasteiger partial charge in [0.25, 0.3) is 0 Å². The number of aromatic nitrogens is 2. The van der Waals surface area contributed by atoms with Gasteiger partial charge in [0.1, 0.15) is 5.82 Å². The van der Waals surface area contributed by atoms with E-state index < -0.39 is 0 Å². The first kappa shape index (κ1) is 13.8. The lowest BCUT2D eigenvalue weighted by atomic mass is 10.2. The number of nitrogens with one attached hydrogen (secondary N) is 1. The van der Waals surface area contributed by atoms with E-state index in [0.29, 0.717) is 10.8 Å². The van der Waals surface area contributed by atoms with E-state index in [4.69, 9.17) is 11.6 Å². The zero-order valence-electron chi connectivity index (χ0n) is 9.54. The van der Waals surface area contributed by atoms with Crippen LogP contribution in [0.1, 0.15) is 6.92 Å². The second kappa shape index (κ2) is 5.99. The summed E-state index contributed by atoms with van der Waals surface area (Å²) in [5, 5.41) is 3.83. The molecule has 0 spiro atoms. The molecular formula is C12H10Br2ClN3. The lowest BCUT2D eigenvalue weighted by Gasteiger charge is -2.08. The Balaban J connectivity index is 2.50. The molecule has 1 aromatic heterocycles. The molecule has 2 aromatic rings. The monoisotopic (exact) mass is 389 g/mol. The molecule has 1 N–H and O–H groups in total. The Labute approximate surface area is 127 Å². The van der Waals surface area contributed by atoms with Gasteiger partial charge in [-0.3, -0.25) is 0 Å². The summed E-state index contributed by atoms with van der Waals surface area (Å²) in [5.41, 5.74) is 0.870. The summed E-state index contributed by atoms with van der Waals surface area (Å²) >= 11 is 12.9. The fourth-order valence-corrected chi connectivity index (χ4v) is 2.38. The topological polar surface area (TPSA) is 37.8 Å². The van der Waals surface area contributed by atoms with Gasteiger partial charge in [-0.05, 0) is 41.1 Å². The normalized spacial score (nSPS) is 10.4. The predicted molar refractivity (Wildman–Crippen MR) is 82.0 cm³/mol. The lowest BCUT2D eigenvalue weighted by molar-refractivity contribution is 1.10. The van der Waals surface area contributed by atoms with Crippen LogP contribution in [0.15, 0.2) is 33.3 Å². The average Bonchev–Trinajstić information content (AvgIpc) is 2.35. The third-order valence-electron chi connectivity index (χ3n) is 2.26. The number of rotatable bonds is 3. The van der Waals surface area contributed by atoms with E-state index in [0.717, 1.165) is 26.9 Å². The molecule has 0 radical (unpaired) electrons. The van der Waals surface area contributed by atoms with E-state index in [1.807, 2.05) is 25.1 Å². The van der Waals surface area contributed by atoms with Gasteiger partial charge in [-0.15, -0.1) is 0 Å². The van der Waals surface area contributed by atoms with E-state index in [9.17, 15) is 0 Å².